The fraction of sp³-hybridized carbons (Fsp3) is 0.278. The molecule has 3 rings (SSSR count). The molecule has 0 unspecified atom stereocenters. The quantitative estimate of drug-likeness (QED) is 0.522. The van der Waals surface area contributed by atoms with Crippen LogP contribution < -0.4 is 10.6 Å². The minimum atomic E-state index is -0.367. The Morgan fingerprint density at radius 1 is 1.04 bits per heavy atom. The summed E-state index contributed by atoms with van der Waals surface area (Å²) < 4.78 is 0. The van der Waals surface area contributed by atoms with E-state index in [1.165, 1.54) is 6.07 Å². The summed E-state index contributed by atoms with van der Waals surface area (Å²) in [4.78, 5) is 27.0. The van der Waals surface area contributed by atoms with Gasteiger partial charge in [0.25, 0.3) is 5.69 Å². The van der Waals surface area contributed by atoms with Gasteiger partial charge >= 0.3 is 0 Å². The highest BCUT2D eigenvalue weighted by atomic mass is 16.6. The molecule has 7 nitrogen and oxygen atoms in total. The van der Waals surface area contributed by atoms with Crippen molar-refractivity contribution in [1.29, 1.82) is 0 Å². The van der Waals surface area contributed by atoms with Crippen LogP contribution in [0.15, 0.2) is 48.5 Å². The van der Waals surface area contributed by atoms with E-state index in [1.54, 1.807) is 30.3 Å². The summed E-state index contributed by atoms with van der Waals surface area (Å²) in [6.07, 6.45) is 0.339. The normalized spacial score (nSPS) is 14.4. The molecule has 0 spiro atoms. The standard InChI is InChI=1S/C18H20N4O3/c19-15-7-5-14(6-8-15)13-18(23)21-11-9-20(10-12-21)16-3-1-2-4-17(16)22(24)25/h1-8H,9-13,19H2. The van der Waals surface area contributed by atoms with Gasteiger partial charge in [-0.1, -0.05) is 24.3 Å². The highest BCUT2D eigenvalue weighted by molar-refractivity contribution is 5.79. The van der Waals surface area contributed by atoms with Crippen LogP contribution >= 0.6 is 0 Å². The monoisotopic (exact) mass is 340 g/mol. The number of nitrogens with two attached hydrogens (primary N) is 1. The van der Waals surface area contributed by atoms with Gasteiger partial charge in [-0.05, 0) is 23.8 Å². The van der Waals surface area contributed by atoms with Crippen LogP contribution in [0.2, 0.25) is 0 Å². The molecule has 0 atom stereocenters. The van der Waals surface area contributed by atoms with E-state index in [0.29, 0.717) is 44.0 Å². The molecular weight excluding hydrogens is 320 g/mol. The van der Waals surface area contributed by atoms with Crippen molar-refractivity contribution in [2.45, 2.75) is 6.42 Å². The van der Waals surface area contributed by atoms with Crippen molar-refractivity contribution in [3.63, 3.8) is 0 Å². The third-order valence-electron chi connectivity index (χ3n) is 4.39. The number of nitro benzene ring substituents is 1. The van der Waals surface area contributed by atoms with E-state index in [4.69, 9.17) is 5.73 Å². The Hall–Kier alpha value is -3.09. The molecule has 2 aromatic carbocycles. The van der Waals surface area contributed by atoms with Crippen molar-refractivity contribution in [2.75, 3.05) is 36.8 Å². The van der Waals surface area contributed by atoms with Crippen LogP contribution in [0, 0.1) is 10.1 Å². The van der Waals surface area contributed by atoms with E-state index in [1.807, 2.05) is 21.9 Å². The lowest BCUT2D eigenvalue weighted by atomic mass is 10.1. The van der Waals surface area contributed by atoms with E-state index in [2.05, 4.69) is 0 Å². The number of nitrogen functional groups attached to an aromatic ring is 1. The maximum absolute atomic E-state index is 12.4. The molecule has 25 heavy (non-hydrogen) atoms. The van der Waals surface area contributed by atoms with Crippen molar-refractivity contribution in [3.05, 3.63) is 64.2 Å². The van der Waals surface area contributed by atoms with Crippen molar-refractivity contribution in [2.24, 2.45) is 0 Å². The van der Waals surface area contributed by atoms with Gasteiger partial charge in [0.2, 0.25) is 5.91 Å². The Morgan fingerprint density at radius 3 is 2.32 bits per heavy atom. The fourth-order valence-corrected chi connectivity index (χ4v) is 3.00. The first-order chi connectivity index (χ1) is 12.0. The van der Waals surface area contributed by atoms with Gasteiger partial charge in [-0.15, -0.1) is 0 Å². The zero-order valence-corrected chi connectivity index (χ0v) is 13.8. The topological polar surface area (TPSA) is 92.7 Å². The largest absolute Gasteiger partial charge is 0.399 e. The number of piperazine rings is 1. The van der Waals surface area contributed by atoms with Crippen LogP contribution in [0.4, 0.5) is 17.1 Å². The minimum absolute atomic E-state index is 0.0620. The van der Waals surface area contributed by atoms with Gasteiger partial charge in [-0.25, -0.2) is 0 Å². The lowest BCUT2D eigenvalue weighted by Gasteiger charge is -2.35. The predicted molar refractivity (Wildman–Crippen MR) is 96.4 cm³/mol. The maximum Gasteiger partial charge on any atom is 0.292 e. The molecule has 1 saturated heterocycles. The lowest BCUT2D eigenvalue weighted by molar-refractivity contribution is -0.384. The summed E-state index contributed by atoms with van der Waals surface area (Å²) in [5.74, 6) is 0.0620. The van der Waals surface area contributed by atoms with Gasteiger partial charge in [-0.3, -0.25) is 14.9 Å². The molecule has 1 aliphatic rings. The first-order valence-electron chi connectivity index (χ1n) is 8.15. The number of carbonyl (C=O) groups excluding carboxylic acids is 1. The summed E-state index contributed by atoms with van der Waals surface area (Å²) in [5.41, 5.74) is 7.97. The molecule has 0 bridgehead atoms. The smallest absolute Gasteiger partial charge is 0.292 e. The molecule has 0 aromatic heterocycles. The average molecular weight is 340 g/mol. The number of para-hydroxylation sites is 2. The summed E-state index contributed by atoms with van der Waals surface area (Å²) in [6.45, 7) is 2.27. The van der Waals surface area contributed by atoms with E-state index >= 15 is 0 Å². The third-order valence-corrected chi connectivity index (χ3v) is 4.39. The van der Waals surface area contributed by atoms with Crippen LogP contribution in [-0.2, 0) is 11.2 Å². The first-order valence-corrected chi connectivity index (χ1v) is 8.15. The second-order valence-corrected chi connectivity index (χ2v) is 6.03. The summed E-state index contributed by atoms with van der Waals surface area (Å²) >= 11 is 0. The number of carbonyl (C=O) groups is 1. The second-order valence-electron chi connectivity index (χ2n) is 6.03. The highest BCUT2D eigenvalue weighted by Crippen LogP contribution is 2.28. The summed E-state index contributed by atoms with van der Waals surface area (Å²) in [6, 6.07) is 14.0. The second kappa shape index (κ2) is 7.21. The zero-order chi connectivity index (χ0) is 17.8. The van der Waals surface area contributed by atoms with Gasteiger partial charge in [-0.2, -0.15) is 0 Å². The van der Waals surface area contributed by atoms with Crippen molar-refractivity contribution >= 4 is 23.0 Å². The minimum Gasteiger partial charge on any atom is -0.399 e. The molecule has 130 valence electrons. The van der Waals surface area contributed by atoms with E-state index < -0.39 is 0 Å². The van der Waals surface area contributed by atoms with E-state index in [0.717, 1.165) is 5.56 Å². The van der Waals surface area contributed by atoms with Gasteiger partial charge in [0, 0.05) is 37.9 Å². The molecule has 1 amide bonds. The Bertz CT molecular complexity index is 768. The SMILES string of the molecule is Nc1ccc(CC(=O)N2CCN(c3ccccc3[N+](=O)[O-])CC2)cc1. The molecule has 0 saturated carbocycles. The molecule has 7 heteroatoms. The van der Waals surface area contributed by atoms with Crippen molar-refractivity contribution in [1.82, 2.24) is 4.90 Å². The molecule has 0 radical (unpaired) electrons. The average Bonchev–Trinajstić information content (AvgIpc) is 2.63. The van der Waals surface area contributed by atoms with Gasteiger partial charge < -0.3 is 15.5 Å². The Kier molecular flexibility index (Phi) is 4.83. The molecule has 2 aromatic rings. The number of nitrogens with zero attached hydrogens (tertiary/aromatic N) is 3. The van der Waals surface area contributed by atoms with Crippen LogP contribution in [-0.4, -0.2) is 41.9 Å². The maximum atomic E-state index is 12.4. The van der Waals surface area contributed by atoms with E-state index in [-0.39, 0.29) is 16.5 Å². The predicted octanol–water partition coefficient (Wildman–Crippen LogP) is 2.07. The van der Waals surface area contributed by atoms with E-state index in [9.17, 15) is 14.9 Å². The van der Waals surface area contributed by atoms with Crippen LogP contribution in [0.5, 0.6) is 0 Å². The Labute approximate surface area is 145 Å². The molecule has 0 aliphatic carbocycles. The molecule has 2 N–H and O–H groups in total. The number of hydrogen-bond donors (Lipinski definition) is 1. The number of amides is 1. The lowest BCUT2D eigenvalue weighted by Crippen LogP contribution is -2.49. The molecule has 1 heterocycles. The van der Waals surface area contributed by atoms with Crippen molar-refractivity contribution < 1.29 is 9.72 Å². The van der Waals surface area contributed by atoms with Crippen LogP contribution in [0.3, 0.4) is 0 Å². The molecular formula is C18H20N4O3. The summed E-state index contributed by atoms with van der Waals surface area (Å²) in [5, 5.41) is 11.2. The van der Waals surface area contributed by atoms with Gasteiger partial charge in [0.15, 0.2) is 0 Å². The number of benzene rings is 2. The number of nitro groups is 1. The highest BCUT2D eigenvalue weighted by Gasteiger charge is 2.25. The third kappa shape index (κ3) is 3.88. The van der Waals surface area contributed by atoms with Crippen LogP contribution in [0.1, 0.15) is 5.56 Å². The Balaban J connectivity index is 1.61. The number of hydrogen-bond acceptors (Lipinski definition) is 5. The zero-order valence-electron chi connectivity index (χ0n) is 13.8. The number of rotatable bonds is 4. The molecule has 1 fully saturated rings. The summed E-state index contributed by atoms with van der Waals surface area (Å²) in [7, 11) is 0. The Morgan fingerprint density at radius 2 is 1.68 bits per heavy atom. The van der Waals surface area contributed by atoms with Crippen LogP contribution in [0.25, 0.3) is 0 Å². The van der Waals surface area contributed by atoms with Gasteiger partial charge in [0.1, 0.15) is 5.69 Å². The fourth-order valence-electron chi connectivity index (χ4n) is 3.00. The van der Waals surface area contributed by atoms with Gasteiger partial charge in [0.05, 0.1) is 11.3 Å². The number of anilines is 2. The first kappa shape index (κ1) is 16.8. The van der Waals surface area contributed by atoms with Crippen molar-refractivity contribution in [3.8, 4) is 0 Å². The molecule has 1 aliphatic heterocycles.